The Labute approximate surface area is 153 Å². The molecule has 2 rings (SSSR count). The van der Waals surface area contributed by atoms with Gasteiger partial charge in [0.2, 0.25) is 0 Å². The maximum Gasteiger partial charge on any atom is 0.343 e. The molecule has 1 amide bonds. The molecular weight excluding hydrogens is 334 g/mol. The number of ether oxygens (including phenoxy) is 3. The molecule has 0 bridgehead atoms. The van der Waals surface area contributed by atoms with Crippen LogP contribution in [0.4, 0.5) is 0 Å². The molecule has 0 aliphatic heterocycles. The highest BCUT2D eigenvalue weighted by atomic mass is 16.6. The Morgan fingerprint density at radius 2 is 1.81 bits per heavy atom. The first-order valence-electron chi connectivity index (χ1n) is 8.36. The van der Waals surface area contributed by atoms with E-state index in [9.17, 15) is 9.59 Å². The highest BCUT2D eigenvalue weighted by Gasteiger charge is 2.09. The third-order valence-corrected chi connectivity index (χ3v) is 3.70. The van der Waals surface area contributed by atoms with Gasteiger partial charge in [0.25, 0.3) is 5.91 Å². The van der Waals surface area contributed by atoms with Gasteiger partial charge in [0.1, 0.15) is 5.75 Å². The summed E-state index contributed by atoms with van der Waals surface area (Å²) in [6.07, 6.45) is 0. The molecule has 0 atom stereocenters. The molecule has 2 aromatic carbocycles. The minimum Gasteiger partial charge on any atom is -0.482 e. The number of benzene rings is 2. The molecular formula is C20H23NO5. The van der Waals surface area contributed by atoms with E-state index in [1.54, 1.807) is 24.3 Å². The number of methoxy groups -OCH3 is 1. The first-order valence-corrected chi connectivity index (χ1v) is 8.36. The van der Waals surface area contributed by atoms with Crippen molar-refractivity contribution in [3.8, 4) is 5.75 Å². The molecule has 0 saturated heterocycles. The molecule has 26 heavy (non-hydrogen) atoms. The molecule has 0 saturated carbocycles. The smallest absolute Gasteiger partial charge is 0.343 e. The van der Waals surface area contributed by atoms with Crippen LogP contribution in [0.2, 0.25) is 0 Å². The van der Waals surface area contributed by atoms with Crippen LogP contribution in [0, 0.1) is 0 Å². The minimum atomic E-state index is -0.481. The summed E-state index contributed by atoms with van der Waals surface area (Å²) in [5, 5.41) is 2.89. The molecule has 1 N–H and O–H groups in total. The van der Waals surface area contributed by atoms with Crippen LogP contribution >= 0.6 is 0 Å². The Kier molecular flexibility index (Phi) is 7.64. The lowest BCUT2D eigenvalue weighted by Gasteiger charge is -2.11. The third-order valence-electron chi connectivity index (χ3n) is 3.70. The summed E-state index contributed by atoms with van der Waals surface area (Å²) in [4.78, 5) is 23.5. The molecule has 138 valence electrons. The van der Waals surface area contributed by atoms with E-state index in [0.29, 0.717) is 31.1 Å². The van der Waals surface area contributed by atoms with Crippen molar-refractivity contribution in [3.05, 3.63) is 65.2 Å². The molecule has 2 aromatic rings. The van der Waals surface area contributed by atoms with Gasteiger partial charge in [0.15, 0.2) is 6.61 Å². The molecule has 0 aromatic heterocycles. The molecule has 0 unspecified atom stereocenters. The average Bonchev–Trinajstić information content (AvgIpc) is 2.69. The number of carbonyl (C=O) groups is 2. The van der Waals surface area contributed by atoms with E-state index in [2.05, 4.69) is 10.1 Å². The fourth-order valence-electron chi connectivity index (χ4n) is 2.29. The van der Waals surface area contributed by atoms with Gasteiger partial charge in [-0.05, 0) is 36.2 Å². The molecule has 0 fully saturated rings. The maximum absolute atomic E-state index is 12.4. The quantitative estimate of drug-likeness (QED) is 0.699. The van der Waals surface area contributed by atoms with Crippen molar-refractivity contribution in [1.29, 1.82) is 0 Å². The SMILES string of the molecule is CCOCc1ccccc1CNC(=O)c1cccc(OCC(=O)OC)c1. The van der Waals surface area contributed by atoms with E-state index in [-0.39, 0.29) is 12.5 Å². The van der Waals surface area contributed by atoms with Gasteiger partial charge in [-0.1, -0.05) is 30.3 Å². The summed E-state index contributed by atoms with van der Waals surface area (Å²) in [6, 6.07) is 14.5. The first-order chi connectivity index (χ1) is 12.6. The van der Waals surface area contributed by atoms with Gasteiger partial charge in [0.05, 0.1) is 13.7 Å². The number of hydrogen-bond donors (Lipinski definition) is 1. The molecule has 0 spiro atoms. The highest BCUT2D eigenvalue weighted by Crippen LogP contribution is 2.14. The van der Waals surface area contributed by atoms with Crippen LogP contribution in [0.5, 0.6) is 5.75 Å². The van der Waals surface area contributed by atoms with E-state index in [0.717, 1.165) is 11.1 Å². The van der Waals surface area contributed by atoms with Crippen molar-refractivity contribution in [3.63, 3.8) is 0 Å². The van der Waals surface area contributed by atoms with Crippen LogP contribution in [-0.4, -0.2) is 32.2 Å². The lowest BCUT2D eigenvalue weighted by Crippen LogP contribution is -2.23. The molecule has 0 aliphatic carbocycles. The standard InChI is InChI=1S/C20H23NO5/c1-3-25-13-17-8-5-4-7-16(17)12-21-20(23)15-9-6-10-18(11-15)26-14-19(22)24-2/h4-11H,3,12-14H2,1-2H3,(H,21,23). The van der Waals surface area contributed by atoms with Crippen LogP contribution in [-0.2, 0) is 27.4 Å². The summed E-state index contributed by atoms with van der Waals surface area (Å²) < 4.78 is 15.3. The van der Waals surface area contributed by atoms with Gasteiger partial charge in [-0.25, -0.2) is 4.79 Å². The summed E-state index contributed by atoms with van der Waals surface area (Å²) in [5.41, 5.74) is 2.51. The van der Waals surface area contributed by atoms with Crippen LogP contribution in [0.15, 0.2) is 48.5 Å². The maximum atomic E-state index is 12.4. The lowest BCUT2D eigenvalue weighted by molar-refractivity contribution is -0.142. The van der Waals surface area contributed by atoms with E-state index in [1.807, 2.05) is 31.2 Å². The monoisotopic (exact) mass is 357 g/mol. The second kappa shape index (κ2) is 10.2. The summed E-state index contributed by atoms with van der Waals surface area (Å²) in [7, 11) is 1.29. The van der Waals surface area contributed by atoms with Gasteiger partial charge in [-0.15, -0.1) is 0 Å². The van der Waals surface area contributed by atoms with Crippen molar-refractivity contribution in [1.82, 2.24) is 5.32 Å². The van der Waals surface area contributed by atoms with Crippen molar-refractivity contribution < 1.29 is 23.8 Å². The Morgan fingerprint density at radius 3 is 2.54 bits per heavy atom. The van der Waals surface area contributed by atoms with Crippen molar-refractivity contribution in [2.24, 2.45) is 0 Å². The third kappa shape index (κ3) is 5.89. The van der Waals surface area contributed by atoms with E-state index in [4.69, 9.17) is 9.47 Å². The zero-order chi connectivity index (χ0) is 18.8. The van der Waals surface area contributed by atoms with Gasteiger partial charge < -0.3 is 19.5 Å². The number of rotatable bonds is 9. The molecule has 0 heterocycles. The Morgan fingerprint density at radius 1 is 1.04 bits per heavy atom. The number of esters is 1. The average molecular weight is 357 g/mol. The van der Waals surface area contributed by atoms with Crippen LogP contribution < -0.4 is 10.1 Å². The summed E-state index contributed by atoms with van der Waals surface area (Å²) in [5.74, 6) is -0.273. The van der Waals surface area contributed by atoms with Crippen molar-refractivity contribution >= 4 is 11.9 Å². The van der Waals surface area contributed by atoms with Gasteiger partial charge in [-0.3, -0.25) is 4.79 Å². The lowest BCUT2D eigenvalue weighted by atomic mass is 10.1. The highest BCUT2D eigenvalue weighted by molar-refractivity contribution is 5.94. The Bertz CT molecular complexity index is 744. The largest absolute Gasteiger partial charge is 0.482 e. The predicted octanol–water partition coefficient (Wildman–Crippen LogP) is 2.70. The topological polar surface area (TPSA) is 73.9 Å². The summed E-state index contributed by atoms with van der Waals surface area (Å²) in [6.45, 7) is 3.29. The number of nitrogens with one attached hydrogen (secondary N) is 1. The van der Waals surface area contributed by atoms with Crippen LogP contribution in [0.1, 0.15) is 28.4 Å². The van der Waals surface area contributed by atoms with E-state index >= 15 is 0 Å². The molecule has 6 heteroatoms. The van der Waals surface area contributed by atoms with Crippen molar-refractivity contribution in [2.45, 2.75) is 20.1 Å². The Hall–Kier alpha value is -2.86. The molecule has 0 aliphatic rings. The second-order valence-corrected chi connectivity index (χ2v) is 5.48. The van der Waals surface area contributed by atoms with Gasteiger partial charge in [-0.2, -0.15) is 0 Å². The van der Waals surface area contributed by atoms with E-state index in [1.165, 1.54) is 7.11 Å². The van der Waals surface area contributed by atoms with Gasteiger partial charge >= 0.3 is 5.97 Å². The second-order valence-electron chi connectivity index (χ2n) is 5.48. The molecule has 6 nitrogen and oxygen atoms in total. The van der Waals surface area contributed by atoms with Crippen LogP contribution in [0.3, 0.4) is 0 Å². The minimum absolute atomic E-state index is 0.202. The fraction of sp³-hybridized carbons (Fsp3) is 0.300. The van der Waals surface area contributed by atoms with E-state index < -0.39 is 5.97 Å². The number of carbonyl (C=O) groups excluding carboxylic acids is 2. The molecule has 0 radical (unpaired) electrons. The normalized spacial score (nSPS) is 10.2. The predicted molar refractivity (Wildman–Crippen MR) is 96.9 cm³/mol. The Balaban J connectivity index is 1.97. The van der Waals surface area contributed by atoms with Crippen LogP contribution in [0.25, 0.3) is 0 Å². The summed E-state index contributed by atoms with van der Waals surface area (Å²) >= 11 is 0. The zero-order valence-corrected chi connectivity index (χ0v) is 15.0. The van der Waals surface area contributed by atoms with Crippen molar-refractivity contribution in [2.75, 3.05) is 20.3 Å². The van der Waals surface area contributed by atoms with Gasteiger partial charge in [0, 0.05) is 18.7 Å². The zero-order valence-electron chi connectivity index (χ0n) is 15.0. The number of amides is 1. The first kappa shape index (κ1) is 19.5. The number of hydrogen-bond acceptors (Lipinski definition) is 5. The fourth-order valence-corrected chi connectivity index (χ4v) is 2.29.